The highest BCUT2D eigenvalue weighted by molar-refractivity contribution is 7.84. The average Bonchev–Trinajstić information content (AvgIpc) is 2.47. The minimum absolute atomic E-state index is 0.502. The Balaban J connectivity index is 1.81. The van der Waals surface area contributed by atoms with Crippen molar-refractivity contribution in [2.24, 2.45) is 4.99 Å². The molecule has 0 aliphatic carbocycles. The molecule has 2 N–H and O–H groups in total. The highest BCUT2D eigenvalue weighted by atomic mass is 35.5. The summed E-state index contributed by atoms with van der Waals surface area (Å²) in [4.78, 5) is 5.03. The quantitative estimate of drug-likeness (QED) is 0.896. The van der Waals surface area contributed by atoms with Gasteiger partial charge in [0.2, 0.25) is 5.96 Å². The Morgan fingerprint density at radius 1 is 1.15 bits per heavy atom. The van der Waals surface area contributed by atoms with Crippen LogP contribution < -0.4 is 10.0 Å². The molecule has 3 rings (SSSR count). The van der Waals surface area contributed by atoms with E-state index in [1.165, 1.54) is 0 Å². The lowest BCUT2D eigenvalue weighted by Crippen LogP contribution is -2.37. The number of hydrogen-bond acceptors (Lipinski definition) is 2. The molecule has 1 aliphatic heterocycles. The van der Waals surface area contributed by atoms with E-state index < -0.39 is 11.0 Å². The molecule has 1 heterocycles. The van der Waals surface area contributed by atoms with Gasteiger partial charge in [0, 0.05) is 5.02 Å². The smallest absolute Gasteiger partial charge is 0.208 e. The lowest BCUT2D eigenvalue weighted by Gasteiger charge is -2.20. The third kappa shape index (κ3) is 2.84. The Morgan fingerprint density at radius 2 is 1.95 bits per heavy atom. The zero-order valence-electron chi connectivity index (χ0n) is 10.5. The van der Waals surface area contributed by atoms with E-state index in [9.17, 15) is 4.21 Å². The number of aliphatic imine (C=N–C) groups is 1. The monoisotopic (exact) mass is 305 g/mol. The molecule has 1 aliphatic rings. The van der Waals surface area contributed by atoms with Crippen LogP contribution in [-0.4, -0.2) is 10.2 Å². The molecular weight excluding hydrogens is 294 g/mol. The molecule has 6 heteroatoms. The van der Waals surface area contributed by atoms with Gasteiger partial charge in [-0.1, -0.05) is 41.9 Å². The Bertz CT molecular complexity index is 688. The highest BCUT2D eigenvalue weighted by Crippen LogP contribution is 2.25. The Morgan fingerprint density at radius 3 is 2.75 bits per heavy atom. The van der Waals surface area contributed by atoms with E-state index in [1.54, 1.807) is 18.2 Å². The number of hydrogen-bond donors (Lipinski definition) is 2. The average molecular weight is 306 g/mol. The molecule has 0 amide bonds. The van der Waals surface area contributed by atoms with Crippen molar-refractivity contribution < 1.29 is 4.21 Å². The van der Waals surface area contributed by atoms with Gasteiger partial charge in [0.1, 0.15) is 0 Å². The SMILES string of the molecule is O=S1NC(=NCc2ccccc2)Nc2ccc(Cl)cc21. The highest BCUT2D eigenvalue weighted by Gasteiger charge is 2.19. The van der Waals surface area contributed by atoms with Crippen molar-refractivity contribution in [2.75, 3.05) is 5.32 Å². The standard InChI is InChI=1S/C14H12ClN3OS/c15-11-6-7-12-13(8-11)20(19)18-14(17-12)16-9-10-4-2-1-3-5-10/h1-8H,9H2,(H2,16,17,18). The summed E-state index contributed by atoms with van der Waals surface area (Å²) in [5, 5.41) is 3.67. The third-order valence-corrected chi connectivity index (χ3v) is 4.20. The molecule has 20 heavy (non-hydrogen) atoms. The number of guanidine groups is 1. The second-order valence-corrected chi connectivity index (χ2v) is 5.90. The molecule has 2 aromatic rings. The van der Waals surface area contributed by atoms with Crippen LogP contribution in [0.5, 0.6) is 0 Å². The molecule has 0 spiro atoms. The predicted molar refractivity (Wildman–Crippen MR) is 82.2 cm³/mol. The molecule has 0 fully saturated rings. The Kier molecular flexibility index (Phi) is 3.71. The van der Waals surface area contributed by atoms with Crippen LogP contribution in [0.15, 0.2) is 58.4 Å². The first kappa shape index (κ1) is 13.1. The summed E-state index contributed by atoms with van der Waals surface area (Å²) in [5.41, 5.74) is 1.86. The summed E-state index contributed by atoms with van der Waals surface area (Å²) in [6, 6.07) is 15.1. The van der Waals surface area contributed by atoms with Gasteiger partial charge in [-0.05, 0) is 23.8 Å². The van der Waals surface area contributed by atoms with Gasteiger partial charge in [-0.25, -0.2) is 9.20 Å². The fraction of sp³-hybridized carbons (Fsp3) is 0.0714. The maximum atomic E-state index is 12.1. The van der Waals surface area contributed by atoms with E-state index in [1.807, 2.05) is 30.3 Å². The minimum atomic E-state index is -1.34. The van der Waals surface area contributed by atoms with Crippen molar-refractivity contribution in [3.05, 3.63) is 59.1 Å². The van der Waals surface area contributed by atoms with E-state index in [0.29, 0.717) is 22.4 Å². The second kappa shape index (κ2) is 5.64. The predicted octanol–water partition coefficient (Wildman–Crippen LogP) is 2.93. The van der Waals surface area contributed by atoms with E-state index >= 15 is 0 Å². The van der Waals surface area contributed by atoms with Gasteiger partial charge < -0.3 is 5.32 Å². The van der Waals surface area contributed by atoms with Crippen LogP contribution in [0.2, 0.25) is 5.02 Å². The zero-order chi connectivity index (χ0) is 13.9. The van der Waals surface area contributed by atoms with E-state index in [-0.39, 0.29) is 0 Å². The fourth-order valence-corrected chi connectivity index (χ4v) is 3.07. The first-order chi connectivity index (χ1) is 9.72. The molecule has 0 bridgehead atoms. The van der Waals surface area contributed by atoms with Crippen molar-refractivity contribution >= 4 is 34.2 Å². The Labute approximate surface area is 124 Å². The lowest BCUT2D eigenvalue weighted by molar-refractivity contribution is 0.680. The van der Waals surface area contributed by atoms with Crippen molar-refractivity contribution in [3.8, 4) is 0 Å². The van der Waals surface area contributed by atoms with Gasteiger partial charge in [-0.3, -0.25) is 4.72 Å². The molecule has 0 saturated heterocycles. The van der Waals surface area contributed by atoms with Gasteiger partial charge in [0.05, 0.1) is 17.1 Å². The molecule has 1 atom stereocenters. The molecule has 0 saturated carbocycles. The van der Waals surface area contributed by atoms with Crippen LogP contribution in [0.3, 0.4) is 0 Å². The number of fused-ring (bicyclic) bond motifs is 1. The third-order valence-electron chi connectivity index (χ3n) is 2.85. The molecule has 0 radical (unpaired) electrons. The van der Waals surface area contributed by atoms with E-state index in [0.717, 1.165) is 11.3 Å². The van der Waals surface area contributed by atoms with Gasteiger partial charge in [-0.2, -0.15) is 0 Å². The van der Waals surface area contributed by atoms with Crippen LogP contribution in [0, 0.1) is 0 Å². The van der Waals surface area contributed by atoms with Crippen molar-refractivity contribution in [1.82, 2.24) is 4.72 Å². The van der Waals surface area contributed by atoms with E-state index in [4.69, 9.17) is 11.6 Å². The number of anilines is 1. The minimum Gasteiger partial charge on any atom is -0.324 e. The first-order valence-corrected chi connectivity index (χ1v) is 7.58. The van der Waals surface area contributed by atoms with Gasteiger partial charge in [-0.15, -0.1) is 0 Å². The van der Waals surface area contributed by atoms with Crippen molar-refractivity contribution in [3.63, 3.8) is 0 Å². The number of benzene rings is 2. The number of halogens is 1. The normalized spacial score (nSPS) is 19.1. The fourth-order valence-electron chi connectivity index (χ4n) is 1.87. The molecule has 2 aromatic carbocycles. The molecule has 102 valence electrons. The Hall–Kier alpha value is -1.85. The molecule has 4 nitrogen and oxygen atoms in total. The number of nitrogens with zero attached hydrogens (tertiary/aromatic N) is 1. The van der Waals surface area contributed by atoms with E-state index in [2.05, 4.69) is 15.0 Å². The van der Waals surface area contributed by atoms with Crippen molar-refractivity contribution in [1.29, 1.82) is 0 Å². The summed E-state index contributed by atoms with van der Waals surface area (Å²) in [6.07, 6.45) is 0. The topological polar surface area (TPSA) is 53.5 Å². The van der Waals surface area contributed by atoms with Crippen LogP contribution in [-0.2, 0) is 17.5 Å². The maximum absolute atomic E-state index is 12.1. The van der Waals surface area contributed by atoms with Gasteiger partial charge >= 0.3 is 0 Å². The summed E-state index contributed by atoms with van der Waals surface area (Å²) in [5.74, 6) is 0.502. The molecule has 0 aromatic heterocycles. The van der Waals surface area contributed by atoms with Gasteiger partial charge in [0.15, 0.2) is 11.0 Å². The van der Waals surface area contributed by atoms with Crippen LogP contribution >= 0.6 is 11.6 Å². The van der Waals surface area contributed by atoms with Crippen molar-refractivity contribution in [2.45, 2.75) is 11.4 Å². The lowest BCUT2D eigenvalue weighted by atomic mass is 10.2. The number of rotatable bonds is 2. The van der Waals surface area contributed by atoms with Gasteiger partial charge in [0.25, 0.3) is 0 Å². The largest absolute Gasteiger partial charge is 0.324 e. The second-order valence-electron chi connectivity index (χ2n) is 4.29. The van der Waals surface area contributed by atoms with Crippen LogP contribution in [0.25, 0.3) is 0 Å². The summed E-state index contributed by atoms with van der Waals surface area (Å²) in [7, 11) is -1.34. The zero-order valence-corrected chi connectivity index (χ0v) is 12.0. The maximum Gasteiger partial charge on any atom is 0.208 e. The molecule has 1 unspecified atom stereocenters. The summed E-state index contributed by atoms with van der Waals surface area (Å²) >= 11 is 5.90. The summed E-state index contributed by atoms with van der Waals surface area (Å²) in [6.45, 7) is 0.524. The first-order valence-electron chi connectivity index (χ1n) is 6.06. The summed E-state index contributed by atoms with van der Waals surface area (Å²) < 4.78 is 14.9. The number of nitrogens with one attached hydrogen (secondary N) is 2. The molecular formula is C14H12ClN3OS. The van der Waals surface area contributed by atoms with Crippen LogP contribution in [0.4, 0.5) is 5.69 Å². The van der Waals surface area contributed by atoms with Crippen LogP contribution in [0.1, 0.15) is 5.56 Å².